The SMILES string of the molecule is CCNC(c1ccoc1Br)C1CCOC2(CCOCC2)C1. The maximum Gasteiger partial charge on any atom is 0.173 e. The first kappa shape index (κ1) is 15.5. The van der Waals surface area contributed by atoms with Crippen LogP contribution in [0.4, 0.5) is 0 Å². The molecule has 1 aromatic rings. The van der Waals surface area contributed by atoms with E-state index in [1.807, 2.05) is 0 Å². The van der Waals surface area contributed by atoms with E-state index in [2.05, 4.69) is 34.2 Å². The Bertz CT molecular complexity index is 451. The van der Waals surface area contributed by atoms with Crippen molar-refractivity contribution in [3.63, 3.8) is 0 Å². The molecule has 2 aliphatic heterocycles. The molecule has 0 amide bonds. The van der Waals surface area contributed by atoms with Gasteiger partial charge in [0.25, 0.3) is 0 Å². The van der Waals surface area contributed by atoms with Crippen LogP contribution >= 0.6 is 15.9 Å². The van der Waals surface area contributed by atoms with Crippen LogP contribution in [-0.4, -0.2) is 32.0 Å². The number of rotatable bonds is 4. The van der Waals surface area contributed by atoms with Gasteiger partial charge in [-0.05, 0) is 60.1 Å². The van der Waals surface area contributed by atoms with Gasteiger partial charge in [0, 0.05) is 31.4 Å². The highest BCUT2D eigenvalue weighted by molar-refractivity contribution is 9.10. The summed E-state index contributed by atoms with van der Waals surface area (Å²) >= 11 is 3.53. The zero-order chi connectivity index (χ0) is 14.7. The van der Waals surface area contributed by atoms with Gasteiger partial charge in [-0.2, -0.15) is 0 Å². The van der Waals surface area contributed by atoms with Crippen molar-refractivity contribution in [1.82, 2.24) is 5.32 Å². The highest BCUT2D eigenvalue weighted by Gasteiger charge is 2.41. The largest absolute Gasteiger partial charge is 0.457 e. The monoisotopic (exact) mass is 357 g/mol. The molecule has 1 aromatic heterocycles. The molecule has 0 aromatic carbocycles. The highest BCUT2D eigenvalue weighted by Crippen LogP contribution is 2.43. The van der Waals surface area contributed by atoms with E-state index in [0.717, 1.165) is 56.7 Å². The number of hydrogen-bond donors (Lipinski definition) is 1. The van der Waals surface area contributed by atoms with E-state index in [1.165, 1.54) is 5.56 Å². The van der Waals surface area contributed by atoms with E-state index in [-0.39, 0.29) is 5.60 Å². The Kier molecular flexibility index (Phi) is 5.04. The lowest BCUT2D eigenvalue weighted by atomic mass is 9.76. The second-order valence-electron chi connectivity index (χ2n) is 6.08. The molecule has 2 fully saturated rings. The van der Waals surface area contributed by atoms with Crippen molar-refractivity contribution in [1.29, 1.82) is 0 Å². The first-order valence-electron chi connectivity index (χ1n) is 7.92. The number of halogens is 1. The third-order valence-electron chi connectivity index (χ3n) is 4.81. The predicted molar refractivity (Wildman–Crippen MR) is 84.3 cm³/mol. The van der Waals surface area contributed by atoms with Crippen LogP contribution in [0, 0.1) is 5.92 Å². The predicted octanol–water partition coefficient (Wildman–Crippen LogP) is 3.67. The van der Waals surface area contributed by atoms with E-state index < -0.39 is 0 Å². The fourth-order valence-electron chi connectivity index (χ4n) is 3.72. The third-order valence-corrected chi connectivity index (χ3v) is 5.46. The molecule has 2 aliphatic rings. The van der Waals surface area contributed by atoms with Crippen LogP contribution in [-0.2, 0) is 9.47 Å². The molecule has 1 spiro atoms. The second-order valence-corrected chi connectivity index (χ2v) is 6.80. The van der Waals surface area contributed by atoms with Crippen molar-refractivity contribution in [2.75, 3.05) is 26.4 Å². The second kappa shape index (κ2) is 6.82. The normalized spacial score (nSPS) is 26.9. The van der Waals surface area contributed by atoms with Crippen LogP contribution in [0.25, 0.3) is 0 Å². The number of ether oxygens (including phenoxy) is 2. The third kappa shape index (κ3) is 3.36. The molecule has 4 nitrogen and oxygen atoms in total. The summed E-state index contributed by atoms with van der Waals surface area (Å²) in [4.78, 5) is 0. The molecule has 0 radical (unpaired) electrons. The van der Waals surface area contributed by atoms with E-state index in [4.69, 9.17) is 13.9 Å². The molecule has 0 saturated carbocycles. The molecular weight excluding hydrogens is 334 g/mol. The molecule has 5 heteroatoms. The lowest BCUT2D eigenvalue weighted by Crippen LogP contribution is -2.47. The van der Waals surface area contributed by atoms with Gasteiger partial charge in [-0.15, -0.1) is 0 Å². The molecular formula is C16H24BrNO3. The van der Waals surface area contributed by atoms with Gasteiger partial charge in [-0.1, -0.05) is 6.92 Å². The average Bonchev–Trinajstić information content (AvgIpc) is 2.91. The molecule has 3 rings (SSSR count). The summed E-state index contributed by atoms with van der Waals surface area (Å²) in [5, 5.41) is 3.64. The summed E-state index contributed by atoms with van der Waals surface area (Å²) in [6.07, 6.45) is 6.00. The minimum atomic E-state index is 0.0328. The Hall–Kier alpha value is -0.360. The zero-order valence-electron chi connectivity index (χ0n) is 12.6. The Labute approximate surface area is 134 Å². The maximum atomic E-state index is 6.17. The molecule has 0 aliphatic carbocycles. The van der Waals surface area contributed by atoms with Crippen molar-refractivity contribution in [3.05, 3.63) is 22.6 Å². The summed E-state index contributed by atoms with van der Waals surface area (Å²) < 4.78 is 18.0. The molecule has 2 saturated heterocycles. The summed E-state index contributed by atoms with van der Waals surface area (Å²) in [7, 11) is 0. The van der Waals surface area contributed by atoms with Crippen molar-refractivity contribution >= 4 is 15.9 Å². The van der Waals surface area contributed by atoms with Crippen LogP contribution < -0.4 is 5.32 Å². The molecule has 2 atom stereocenters. The van der Waals surface area contributed by atoms with Crippen molar-refractivity contribution in [3.8, 4) is 0 Å². The minimum absolute atomic E-state index is 0.0328. The fraction of sp³-hybridized carbons (Fsp3) is 0.750. The van der Waals surface area contributed by atoms with Gasteiger partial charge in [0.05, 0.1) is 11.9 Å². The van der Waals surface area contributed by atoms with Crippen molar-refractivity contribution in [2.45, 2.75) is 44.2 Å². The Balaban J connectivity index is 1.77. The van der Waals surface area contributed by atoms with E-state index in [0.29, 0.717) is 12.0 Å². The van der Waals surface area contributed by atoms with Gasteiger partial charge < -0.3 is 19.2 Å². The Morgan fingerprint density at radius 2 is 2.19 bits per heavy atom. The standard InChI is InChI=1S/C16H24BrNO3/c1-2-18-14(13-4-7-20-15(13)17)12-3-8-21-16(11-12)5-9-19-10-6-16/h4,7,12,14,18H,2-3,5-6,8-11H2,1H3. The average molecular weight is 358 g/mol. The number of hydrogen-bond acceptors (Lipinski definition) is 4. The van der Waals surface area contributed by atoms with Crippen molar-refractivity contribution < 1.29 is 13.9 Å². The Morgan fingerprint density at radius 1 is 1.38 bits per heavy atom. The smallest absolute Gasteiger partial charge is 0.173 e. The van der Waals surface area contributed by atoms with E-state index in [9.17, 15) is 0 Å². The minimum Gasteiger partial charge on any atom is -0.457 e. The van der Waals surface area contributed by atoms with Gasteiger partial charge in [0.15, 0.2) is 4.67 Å². The fourth-order valence-corrected chi connectivity index (χ4v) is 4.21. The molecule has 118 valence electrons. The van der Waals surface area contributed by atoms with Crippen LogP contribution in [0.5, 0.6) is 0 Å². The maximum absolute atomic E-state index is 6.17. The van der Waals surface area contributed by atoms with Gasteiger partial charge in [0.2, 0.25) is 0 Å². The van der Waals surface area contributed by atoms with Crippen LogP contribution in [0.1, 0.15) is 44.2 Å². The quantitative estimate of drug-likeness (QED) is 0.892. The highest BCUT2D eigenvalue weighted by atomic mass is 79.9. The number of nitrogens with one attached hydrogen (secondary N) is 1. The lowest BCUT2D eigenvalue weighted by molar-refractivity contribution is -0.150. The Morgan fingerprint density at radius 3 is 2.86 bits per heavy atom. The summed E-state index contributed by atoms with van der Waals surface area (Å²) in [6, 6.07) is 2.40. The van der Waals surface area contributed by atoms with Gasteiger partial charge in [-0.25, -0.2) is 0 Å². The van der Waals surface area contributed by atoms with Gasteiger partial charge in [0.1, 0.15) is 0 Å². The van der Waals surface area contributed by atoms with Crippen molar-refractivity contribution in [2.24, 2.45) is 5.92 Å². The van der Waals surface area contributed by atoms with E-state index in [1.54, 1.807) is 6.26 Å². The molecule has 0 bridgehead atoms. The molecule has 2 unspecified atom stereocenters. The number of furan rings is 1. The van der Waals surface area contributed by atoms with Crippen LogP contribution in [0.15, 0.2) is 21.4 Å². The topological polar surface area (TPSA) is 43.6 Å². The summed E-state index contributed by atoms with van der Waals surface area (Å²) in [5.74, 6) is 0.575. The van der Waals surface area contributed by atoms with Gasteiger partial charge >= 0.3 is 0 Å². The first-order chi connectivity index (χ1) is 10.2. The molecule has 1 N–H and O–H groups in total. The lowest BCUT2D eigenvalue weighted by Gasteiger charge is -2.45. The van der Waals surface area contributed by atoms with Crippen LogP contribution in [0.2, 0.25) is 0 Å². The van der Waals surface area contributed by atoms with Gasteiger partial charge in [-0.3, -0.25) is 0 Å². The molecule has 3 heterocycles. The summed E-state index contributed by atoms with van der Waals surface area (Å²) in [6.45, 7) is 5.62. The van der Waals surface area contributed by atoms with Crippen LogP contribution in [0.3, 0.4) is 0 Å². The summed E-state index contributed by atoms with van der Waals surface area (Å²) in [5.41, 5.74) is 1.26. The van der Waals surface area contributed by atoms with E-state index >= 15 is 0 Å². The zero-order valence-corrected chi connectivity index (χ0v) is 14.2. The molecule has 21 heavy (non-hydrogen) atoms. The first-order valence-corrected chi connectivity index (χ1v) is 8.71.